The first kappa shape index (κ1) is 16.7. The van der Waals surface area contributed by atoms with Gasteiger partial charge in [0.2, 0.25) is 5.78 Å². The maximum atomic E-state index is 11.8. The van der Waals surface area contributed by atoms with Crippen molar-refractivity contribution < 1.29 is 9.59 Å². The van der Waals surface area contributed by atoms with E-state index in [1.54, 1.807) is 12.1 Å². The van der Waals surface area contributed by atoms with E-state index in [1.807, 2.05) is 36.4 Å². The van der Waals surface area contributed by atoms with Gasteiger partial charge in [-0.2, -0.15) is 0 Å². The number of rotatable bonds is 4. The number of halogens is 2. The largest absolute Gasteiger partial charge is 0.290 e. The number of ketones is 2. The molecule has 0 heterocycles. The zero-order valence-corrected chi connectivity index (χ0v) is 14.8. The normalized spacial score (nSPS) is 9.73. The molecule has 0 N–H and O–H groups in total. The van der Waals surface area contributed by atoms with Crippen LogP contribution < -0.4 is 0 Å². The van der Waals surface area contributed by atoms with Crippen molar-refractivity contribution in [3.63, 3.8) is 0 Å². The van der Waals surface area contributed by atoms with Gasteiger partial charge in [0.1, 0.15) is 0 Å². The van der Waals surface area contributed by atoms with E-state index in [4.69, 9.17) is 0 Å². The van der Waals surface area contributed by atoms with Gasteiger partial charge < -0.3 is 0 Å². The van der Waals surface area contributed by atoms with Crippen LogP contribution in [0, 0.1) is 11.8 Å². The molecule has 0 saturated heterocycles. The summed E-state index contributed by atoms with van der Waals surface area (Å²) in [4.78, 5) is 23.6. The van der Waals surface area contributed by atoms with Crippen molar-refractivity contribution >= 4 is 43.4 Å². The average molecular weight is 420 g/mol. The number of carbonyl (C=O) groups is 2. The lowest BCUT2D eigenvalue weighted by atomic mass is 10.1. The molecule has 2 aromatic carbocycles. The first-order valence-electron chi connectivity index (χ1n) is 6.64. The fraction of sp³-hybridized carbons (Fsp3) is 0.111. The predicted molar refractivity (Wildman–Crippen MR) is 93.5 cm³/mol. The lowest BCUT2D eigenvalue weighted by Crippen LogP contribution is -2.12. The molecule has 110 valence electrons. The zero-order valence-electron chi connectivity index (χ0n) is 11.6. The molecule has 0 amide bonds. The molecule has 0 atom stereocenters. The first-order chi connectivity index (χ1) is 10.5. The molecule has 0 bridgehead atoms. The highest BCUT2D eigenvalue weighted by atomic mass is 79.9. The molecule has 0 spiro atoms. The minimum absolute atomic E-state index is 0.169. The zero-order chi connectivity index (χ0) is 15.9. The molecule has 22 heavy (non-hydrogen) atoms. The predicted octanol–water partition coefficient (Wildman–Crippen LogP) is 4.33. The van der Waals surface area contributed by atoms with Crippen LogP contribution in [0.2, 0.25) is 0 Å². The van der Waals surface area contributed by atoms with Crippen LogP contribution in [0.4, 0.5) is 0 Å². The topological polar surface area (TPSA) is 34.1 Å². The van der Waals surface area contributed by atoms with Gasteiger partial charge in [0.05, 0.1) is 0 Å². The Balaban J connectivity index is 1.94. The molecule has 2 nitrogen and oxygen atoms in total. The van der Waals surface area contributed by atoms with Gasteiger partial charge in [0.15, 0.2) is 0 Å². The number of hydrogen-bond acceptors (Lipinski definition) is 2. The number of carbonyl (C=O) groups excluding carboxylic acids is 2. The summed E-state index contributed by atoms with van der Waals surface area (Å²) in [6.45, 7) is 0. The third kappa shape index (κ3) is 5.25. The Kier molecular flexibility index (Phi) is 6.11. The lowest BCUT2D eigenvalue weighted by Gasteiger charge is -1.99. The first-order valence-corrected chi connectivity index (χ1v) is 8.22. The smallest absolute Gasteiger partial charge is 0.271 e. The Bertz CT molecular complexity index is 770. The second-order valence-corrected chi connectivity index (χ2v) is 6.47. The molecule has 0 aliphatic carbocycles. The Morgan fingerprint density at radius 3 is 2.32 bits per heavy atom. The summed E-state index contributed by atoms with van der Waals surface area (Å²) in [6.07, 6.45) is 0.699. The van der Waals surface area contributed by atoms with Crippen molar-refractivity contribution in [2.24, 2.45) is 0 Å². The molecule has 2 aromatic rings. The Labute approximate surface area is 146 Å². The highest BCUT2D eigenvalue weighted by Crippen LogP contribution is 2.13. The molecule has 0 radical (unpaired) electrons. The van der Waals surface area contributed by atoms with E-state index < -0.39 is 11.6 Å². The lowest BCUT2D eigenvalue weighted by molar-refractivity contribution is -0.133. The van der Waals surface area contributed by atoms with E-state index in [-0.39, 0.29) is 6.42 Å². The SMILES string of the molecule is O=C(C#Cc1cccc(Br)c1)C(=O)CCc1cccc(Br)c1. The molecular formula is C18H12Br2O2. The van der Waals surface area contributed by atoms with Crippen LogP contribution in [0.3, 0.4) is 0 Å². The van der Waals surface area contributed by atoms with Crippen molar-refractivity contribution in [1.29, 1.82) is 0 Å². The monoisotopic (exact) mass is 418 g/mol. The molecule has 0 saturated carbocycles. The average Bonchev–Trinajstić information content (AvgIpc) is 2.50. The van der Waals surface area contributed by atoms with Crippen LogP contribution >= 0.6 is 31.9 Å². The quantitative estimate of drug-likeness (QED) is 0.545. The molecular weight excluding hydrogens is 408 g/mol. The molecule has 0 aliphatic heterocycles. The van der Waals surface area contributed by atoms with Crippen LogP contribution in [0.5, 0.6) is 0 Å². The third-order valence-corrected chi connectivity index (χ3v) is 3.91. The van der Waals surface area contributed by atoms with Crippen molar-refractivity contribution in [3.05, 3.63) is 68.6 Å². The third-order valence-electron chi connectivity index (χ3n) is 2.93. The van der Waals surface area contributed by atoms with Gasteiger partial charge in [-0.1, -0.05) is 56.0 Å². The van der Waals surface area contributed by atoms with Crippen molar-refractivity contribution in [2.45, 2.75) is 12.8 Å². The summed E-state index contributed by atoms with van der Waals surface area (Å²) in [6, 6.07) is 15.0. The van der Waals surface area contributed by atoms with Crippen molar-refractivity contribution in [1.82, 2.24) is 0 Å². The maximum Gasteiger partial charge on any atom is 0.271 e. The van der Waals surface area contributed by atoms with Crippen LogP contribution in [-0.4, -0.2) is 11.6 Å². The van der Waals surface area contributed by atoms with Crippen LogP contribution in [0.15, 0.2) is 57.5 Å². The van der Waals surface area contributed by atoms with Gasteiger partial charge in [-0.15, -0.1) is 0 Å². The molecule has 4 heteroatoms. The van der Waals surface area contributed by atoms with Crippen molar-refractivity contribution in [3.8, 4) is 11.8 Å². The minimum atomic E-state index is -0.644. The Hall–Kier alpha value is -1.70. The molecule has 0 unspecified atom stereocenters. The Morgan fingerprint density at radius 2 is 1.64 bits per heavy atom. The van der Waals surface area contributed by atoms with Crippen molar-refractivity contribution in [2.75, 3.05) is 0 Å². The fourth-order valence-corrected chi connectivity index (χ4v) is 2.67. The fourth-order valence-electron chi connectivity index (χ4n) is 1.83. The van der Waals surface area contributed by atoms with E-state index in [9.17, 15) is 9.59 Å². The van der Waals surface area contributed by atoms with Crippen LogP contribution in [0.1, 0.15) is 17.5 Å². The maximum absolute atomic E-state index is 11.8. The summed E-state index contributed by atoms with van der Waals surface area (Å²) in [7, 11) is 0. The summed E-state index contributed by atoms with van der Waals surface area (Å²) in [5.74, 6) is 4.02. The number of hydrogen-bond donors (Lipinski definition) is 0. The van der Waals surface area contributed by atoms with Crippen LogP contribution in [-0.2, 0) is 16.0 Å². The standard InChI is InChI=1S/C18H12Br2O2/c19-15-5-1-3-13(11-15)7-9-17(21)18(22)10-8-14-4-2-6-16(20)12-14/h1-6,11-12H,7,9H2. The van der Waals surface area contributed by atoms with Gasteiger partial charge in [-0.05, 0) is 48.2 Å². The molecule has 0 fully saturated rings. The van der Waals surface area contributed by atoms with Gasteiger partial charge in [-0.3, -0.25) is 9.59 Å². The van der Waals surface area contributed by atoms with Gasteiger partial charge in [0.25, 0.3) is 5.78 Å². The van der Waals surface area contributed by atoms with E-state index in [0.29, 0.717) is 12.0 Å². The summed E-state index contributed by atoms with van der Waals surface area (Å²) in [5, 5.41) is 0. The van der Waals surface area contributed by atoms with E-state index >= 15 is 0 Å². The summed E-state index contributed by atoms with van der Waals surface area (Å²) in [5.41, 5.74) is 1.71. The highest BCUT2D eigenvalue weighted by molar-refractivity contribution is 9.10. The molecule has 2 rings (SSSR count). The van der Waals surface area contributed by atoms with Gasteiger partial charge >= 0.3 is 0 Å². The van der Waals surface area contributed by atoms with Crippen LogP contribution in [0.25, 0.3) is 0 Å². The molecule has 0 aliphatic rings. The second-order valence-electron chi connectivity index (χ2n) is 4.64. The number of benzene rings is 2. The number of aryl methyl sites for hydroxylation is 1. The summed E-state index contributed by atoms with van der Waals surface area (Å²) >= 11 is 6.71. The van der Waals surface area contributed by atoms with Gasteiger partial charge in [0, 0.05) is 20.9 Å². The minimum Gasteiger partial charge on any atom is -0.290 e. The second kappa shape index (κ2) is 8.07. The van der Waals surface area contributed by atoms with Gasteiger partial charge in [-0.25, -0.2) is 0 Å². The molecule has 0 aromatic heterocycles. The van der Waals surface area contributed by atoms with E-state index in [0.717, 1.165) is 14.5 Å². The van der Waals surface area contributed by atoms with E-state index in [1.165, 1.54) is 0 Å². The summed E-state index contributed by atoms with van der Waals surface area (Å²) < 4.78 is 1.84. The number of Topliss-reactive ketones (excluding diaryl/α,β-unsaturated/α-hetero) is 2. The Morgan fingerprint density at radius 1 is 0.955 bits per heavy atom. The van der Waals surface area contributed by atoms with E-state index in [2.05, 4.69) is 43.7 Å². The highest BCUT2D eigenvalue weighted by Gasteiger charge is 2.11.